The number of benzene rings is 2. The van der Waals surface area contributed by atoms with Gasteiger partial charge in [0, 0.05) is 10.9 Å². The van der Waals surface area contributed by atoms with E-state index in [2.05, 4.69) is 4.18 Å². The van der Waals surface area contributed by atoms with E-state index in [0.717, 1.165) is 24.3 Å². The smallest absolute Gasteiger partial charge is 0.464 e. The van der Waals surface area contributed by atoms with Gasteiger partial charge < -0.3 is 13.3 Å². The van der Waals surface area contributed by atoms with Gasteiger partial charge in [-0.25, -0.2) is 4.79 Å². The minimum absolute atomic E-state index is 0.0421. The third-order valence-corrected chi connectivity index (χ3v) is 6.10. The molecule has 0 amide bonds. The largest absolute Gasteiger partial charge is 0.534 e. The van der Waals surface area contributed by atoms with Crippen molar-refractivity contribution in [3.8, 4) is 5.75 Å². The molecular weight excluding hydrogens is 489 g/mol. The quantitative estimate of drug-likeness (QED) is 0.153. The van der Waals surface area contributed by atoms with Gasteiger partial charge in [0.05, 0.1) is 11.1 Å². The topological polar surface area (TPSA) is 99.9 Å². The molecule has 3 aromatic rings. The lowest BCUT2D eigenvalue weighted by molar-refractivity contribution is -0.0500. The van der Waals surface area contributed by atoms with E-state index in [4.69, 9.17) is 9.15 Å². The Morgan fingerprint density at radius 3 is 2.23 bits per heavy atom. The van der Waals surface area contributed by atoms with Crippen molar-refractivity contribution in [1.82, 2.24) is 0 Å². The molecule has 0 saturated carbocycles. The van der Waals surface area contributed by atoms with Crippen molar-refractivity contribution in [2.75, 3.05) is 0 Å². The molecule has 1 unspecified atom stereocenters. The molecule has 7 nitrogen and oxygen atoms in total. The standard InChI is InChI=1S/C24H23F3O7S/c1-4-17(11-14(2)3)33-23(29)16-7-10-21-19(12-16)20(13-32-21)22(28)15-5-8-18(9-6-15)34-35(30,31)24(25,26)27/h5-10,12-14,17H,4,11H2,1-3H3. The Hall–Kier alpha value is -3.34. The maximum Gasteiger partial charge on any atom is 0.534 e. The van der Waals surface area contributed by atoms with E-state index in [1.807, 2.05) is 20.8 Å². The van der Waals surface area contributed by atoms with E-state index in [1.165, 1.54) is 24.5 Å². The minimum atomic E-state index is -5.83. The van der Waals surface area contributed by atoms with Crippen LogP contribution in [-0.2, 0) is 14.9 Å². The summed E-state index contributed by atoms with van der Waals surface area (Å²) in [6.07, 6.45) is 2.33. The lowest BCUT2D eigenvalue weighted by Crippen LogP contribution is -2.28. The number of carbonyl (C=O) groups excluding carboxylic acids is 2. The number of halogens is 3. The Morgan fingerprint density at radius 2 is 1.66 bits per heavy atom. The zero-order chi connectivity index (χ0) is 26.0. The van der Waals surface area contributed by atoms with Gasteiger partial charge in [0.15, 0.2) is 5.78 Å². The van der Waals surface area contributed by atoms with Crippen molar-refractivity contribution in [3.63, 3.8) is 0 Å². The fourth-order valence-electron chi connectivity index (χ4n) is 3.37. The molecule has 1 heterocycles. The molecule has 3 rings (SSSR count). The van der Waals surface area contributed by atoms with Gasteiger partial charge in [-0.1, -0.05) is 20.8 Å². The lowest BCUT2D eigenvalue weighted by Gasteiger charge is -2.18. The Balaban J connectivity index is 1.83. The highest BCUT2D eigenvalue weighted by Crippen LogP contribution is 2.29. The third-order valence-electron chi connectivity index (χ3n) is 5.12. The highest BCUT2D eigenvalue weighted by atomic mass is 32.2. The molecule has 188 valence electrons. The summed E-state index contributed by atoms with van der Waals surface area (Å²) in [6, 6.07) is 8.64. The summed E-state index contributed by atoms with van der Waals surface area (Å²) in [5.74, 6) is -1.34. The highest BCUT2D eigenvalue weighted by Gasteiger charge is 2.48. The van der Waals surface area contributed by atoms with Crippen LogP contribution in [0, 0.1) is 5.92 Å². The van der Waals surface area contributed by atoms with Gasteiger partial charge >= 0.3 is 21.6 Å². The molecule has 0 aliphatic heterocycles. The molecule has 0 spiro atoms. The summed E-state index contributed by atoms with van der Waals surface area (Å²) in [5, 5.41) is 0.348. The number of hydrogen-bond acceptors (Lipinski definition) is 7. The van der Waals surface area contributed by atoms with Crippen LogP contribution in [0.25, 0.3) is 11.0 Å². The summed E-state index contributed by atoms with van der Waals surface area (Å²) in [4.78, 5) is 25.6. The van der Waals surface area contributed by atoms with Crippen LogP contribution in [0.15, 0.2) is 53.1 Å². The first-order chi connectivity index (χ1) is 16.3. The molecule has 35 heavy (non-hydrogen) atoms. The fourth-order valence-corrected chi connectivity index (χ4v) is 3.83. The van der Waals surface area contributed by atoms with Crippen LogP contribution in [0.2, 0.25) is 0 Å². The molecule has 0 aliphatic carbocycles. The predicted molar refractivity (Wildman–Crippen MR) is 121 cm³/mol. The molecule has 2 aromatic carbocycles. The Labute approximate surface area is 199 Å². The molecule has 0 N–H and O–H groups in total. The van der Waals surface area contributed by atoms with Crippen molar-refractivity contribution in [2.24, 2.45) is 5.92 Å². The molecular formula is C24H23F3O7S. The number of fused-ring (bicyclic) bond motifs is 1. The molecule has 1 aromatic heterocycles. The number of ketones is 1. The highest BCUT2D eigenvalue weighted by molar-refractivity contribution is 7.88. The molecule has 0 radical (unpaired) electrons. The van der Waals surface area contributed by atoms with Gasteiger partial charge in [-0.15, -0.1) is 0 Å². The molecule has 0 aliphatic rings. The second kappa shape index (κ2) is 10.1. The monoisotopic (exact) mass is 512 g/mol. The Morgan fingerprint density at radius 1 is 1.03 bits per heavy atom. The van der Waals surface area contributed by atoms with E-state index in [1.54, 1.807) is 0 Å². The fraction of sp³-hybridized carbons (Fsp3) is 0.333. The van der Waals surface area contributed by atoms with Gasteiger partial charge in [0.2, 0.25) is 0 Å². The molecule has 0 saturated heterocycles. The van der Waals surface area contributed by atoms with Crippen molar-refractivity contribution in [3.05, 3.63) is 65.4 Å². The van der Waals surface area contributed by atoms with Crippen molar-refractivity contribution in [1.29, 1.82) is 0 Å². The molecule has 11 heteroatoms. The van der Waals surface area contributed by atoms with Crippen molar-refractivity contribution in [2.45, 2.75) is 45.2 Å². The van der Waals surface area contributed by atoms with E-state index in [0.29, 0.717) is 29.7 Å². The lowest BCUT2D eigenvalue weighted by atomic mass is 10.0. The van der Waals surface area contributed by atoms with Gasteiger partial charge in [-0.05, 0) is 61.2 Å². The first-order valence-electron chi connectivity index (χ1n) is 10.7. The Bertz CT molecular complexity index is 1320. The van der Waals surface area contributed by atoms with Crippen molar-refractivity contribution >= 4 is 32.8 Å². The van der Waals surface area contributed by atoms with E-state index in [-0.39, 0.29) is 22.8 Å². The van der Waals surface area contributed by atoms with Gasteiger partial charge in [-0.2, -0.15) is 21.6 Å². The average molecular weight is 513 g/mol. The zero-order valence-electron chi connectivity index (χ0n) is 19.1. The van der Waals surface area contributed by atoms with Crippen LogP contribution >= 0.6 is 0 Å². The maximum absolute atomic E-state index is 13.0. The van der Waals surface area contributed by atoms with Crippen LogP contribution in [-0.4, -0.2) is 31.8 Å². The number of carbonyl (C=O) groups is 2. The third kappa shape index (κ3) is 6.02. The normalized spacial score (nSPS) is 13.1. The van der Waals surface area contributed by atoms with Crippen LogP contribution < -0.4 is 4.18 Å². The second-order valence-electron chi connectivity index (χ2n) is 8.26. The summed E-state index contributed by atoms with van der Waals surface area (Å²) in [6.45, 7) is 5.98. The Kier molecular flexibility index (Phi) is 7.59. The molecule has 1 atom stereocenters. The van der Waals surface area contributed by atoms with E-state index < -0.39 is 33.1 Å². The predicted octanol–water partition coefficient (Wildman–Crippen LogP) is 5.87. The van der Waals surface area contributed by atoms with Gasteiger partial charge in [0.25, 0.3) is 0 Å². The number of ether oxygens (including phenoxy) is 1. The van der Waals surface area contributed by atoms with Gasteiger partial charge in [0.1, 0.15) is 23.7 Å². The number of rotatable bonds is 9. The zero-order valence-corrected chi connectivity index (χ0v) is 19.9. The first kappa shape index (κ1) is 26.3. The van der Waals surface area contributed by atoms with E-state index >= 15 is 0 Å². The van der Waals surface area contributed by atoms with Gasteiger partial charge in [-0.3, -0.25) is 4.79 Å². The summed E-state index contributed by atoms with van der Waals surface area (Å²) in [5.41, 5.74) is -4.85. The number of esters is 1. The number of furan rings is 1. The first-order valence-corrected chi connectivity index (χ1v) is 12.1. The average Bonchev–Trinajstić information content (AvgIpc) is 3.20. The minimum Gasteiger partial charge on any atom is -0.464 e. The summed E-state index contributed by atoms with van der Waals surface area (Å²) >= 11 is 0. The van der Waals surface area contributed by atoms with Crippen LogP contribution in [0.1, 0.15) is 59.9 Å². The summed E-state index contributed by atoms with van der Waals surface area (Å²) < 4.78 is 74.8. The summed E-state index contributed by atoms with van der Waals surface area (Å²) in [7, 11) is -5.83. The maximum atomic E-state index is 13.0. The second-order valence-corrected chi connectivity index (χ2v) is 9.80. The molecule has 0 fully saturated rings. The van der Waals surface area contributed by atoms with Crippen molar-refractivity contribution < 1.29 is 44.5 Å². The van der Waals surface area contributed by atoms with Crippen LogP contribution in [0.5, 0.6) is 5.75 Å². The SMILES string of the molecule is CCC(CC(C)C)OC(=O)c1ccc2occ(C(=O)c3ccc(OS(=O)(=O)C(F)(F)F)cc3)c2c1. The van der Waals surface area contributed by atoms with Crippen LogP contribution in [0.3, 0.4) is 0 Å². The number of hydrogen-bond donors (Lipinski definition) is 0. The number of alkyl halides is 3. The van der Waals surface area contributed by atoms with E-state index in [9.17, 15) is 31.2 Å². The van der Waals surface area contributed by atoms with Crippen LogP contribution in [0.4, 0.5) is 13.2 Å². The molecule has 0 bridgehead atoms.